The zero-order valence-electron chi connectivity index (χ0n) is 12.5. The fourth-order valence-electron chi connectivity index (χ4n) is 3.08. The van der Waals surface area contributed by atoms with Gasteiger partial charge >= 0.3 is 0 Å². The summed E-state index contributed by atoms with van der Waals surface area (Å²) in [6.07, 6.45) is 4.28. The minimum Gasteiger partial charge on any atom is -0.349 e. The molecule has 3 heteroatoms. The van der Waals surface area contributed by atoms with E-state index in [0.717, 1.165) is 24.8 Å². The predicted octanol–water partition coefficient (Wildman–Crippen LogP) is 3.95. The molecule has 2 aromatic rings. The van der Waals surface area contributed by atoms with Gasteiger partial charge in [0.2, 0.25) is 5.91 Å². The Kier molecular flexibility index (Phi) is 4.52. The van der Waals surface area contributed by atoms with Crippen LogP contribution in [0, 0.1) is 5.82 Å². The molecular formula is C19H20FNO. The van der Waals surface area contributed by atoms with E-state index in [0.29, 0.717) is 12.8 Å². The van der Waals surface area contributed by atoms with Crippen molar-refractivity contribution in [2.45, 2.75) is 38.1 Å². The van der Waals surface area contributed by atoms with Gasteiger partial charge in [0, 0.05) is 6.42 Å². The molecule has 0 radical (unpaired) electrons. The third kappa shape index (κ3) is 3.53. The molecule has 3 rings (SSSR count). The van der Waals surface area contributed by atoms with Crippen LogP contribution in [0.3, 0.4) is 0 Å². The molecule has 0 bridgehead atoms. The molecule has 1 amide bonds. The van der Waals surface area contributed by atoms with E-state index in [1.54, 1.807) is 12.1 Å². The first kappa shape index (κ1) is 14.8. The highest BCUT2D eigenvalue weighted by atomic mass is 19.1. The predicted molar refractivity (Wildman–Crippen MR) is 85.0 cm³/mol. The van der Waals surface area contributed by atoms with E-state index in [2.05, 4.69) is 23.5 Å². The van der Waals surface area contributed by atoms with Gasteiger partial charge in [-0.15, -0.1) is 0 Å². The summed E-state index contributed by atoms with van der Waals surface area (Å²) in [6.45, 7) is 0. The highest BCUT2D eigenvalue weighted by Crippen LogP contribution is 2.29. The Balaban J connectivity index is 1.57. The SMILES string of the molecule is O=C(CCc1ccc(F)cc1)NC1CCCc2ccccc21. The maximum atomic E-state index is 12.9. The van der Waals surface area contributed by atoms with Gasteiger partial charge in [0.25, 0.3) is 0 Å². The fourth-order valence-corrected chi connectivity index (χ4v) is 3.08. The van der Waals surface area contributed by atoms with Crippen LogP contribution in [0.4, 0.5) is 4.39 Å². The molecule has 0 saturated heterocycles. The monoisotopic (exact) mass is 297 g/mol. The van der Waals surface area contributed by atoms with Crippen LogP contribution in [-0.2, 0) is 17.6 Å². The Morgan fingerprint density at radius 2 is 1.91 bits per heavy atom. The highest BCUT2D eigenvalue weighted by molar-refractivity contribution is 5.76. The lowest BCUT2D eigenvalue weighted by Crippen LogP contribution is -2.31. The standard InChI is InChI=1S/C19H20FNO/c20-16-11-8-14(9-12-16)10-13-19(22)21-18-7-3-5-15-4-1-2-6-17(15)18/h1-2,4,6,8-9,11-12,18H,3,5,7,10,13H2,(H,21,22). The number of hydrogen-bond acceptors (Lipinski definition) is 1. The van der Waals surface area contributed by atoms with Crippen LogP contribution in [0.15, 0.2) is 48.5 Å². The van der Waals surface area contributed by atoms with E-state index in [9.17, 15) is 9.18 Å². The number of fused-ring (bicyclic) bond motifs is 1. The maximum Gasteiger partial charge on any atom is 0.220 e. The molecule has 22 heavy (non-hydrogen) atoms. The van der Waals surface area contributed by atoms with Gasteiger partial charge in [0.15, 0.2) is 0 Å². The van der Waals surface area contributed by atoms with Crippen molar-refractivity contribution in [2.24, 2.45) is 0 Å². The summed E-state index contributed by atoms with van der Waals surface area (Å²) < 4.78 is 12.9. The first-order chi connectivity index (χ1) is 10.7. The third-order valence-corrected chi connectivity index (χ3v) is 4.26. The van der Waals surface area contributed by atoms with E-state index < -0.39 is 0 Å². The molecule has 0 aliphatic heterocycles. The molecule has 0 heterocycles. The van der Waals surface area contributed by atoms with E-state index in [1.807, 2.05) is 6.07 Å². The number of carbonyl (C=O) groups is 1. The normalized spacial score (nSPS) is 16.9. The van der Waals surface area contributed by atoms with Gasteiger partial charge in [-0.2, -0.15) is 0 Å². The molecule has 1 aliphatic carbocycles. The Labute approximate surface area is 130 Å². The molecule has 2 aromatic carbocycles. The van der Waals surface area contributed by atoms with Crippen LogP contribution < -0.4 is 5.32 Å². The summed E-state index contributed by atoms with van der Waals surface area (Å²) in [6, 6.07) is 14.8. The van der Waals surface area contributed by atoms with Gasteiger partial charge in [0.1, 0.15) is 5.82 Å². The largest absolute Gasteiger partial charge is 0.349 e. The Hall–Kier alpha value is -2.16. The molecule has 0 aromatic heterocycles. The van der Waals surface area contributed by atoms with Gasteiger partial charge in [-0.1, -0.05) is 36.4 Å². The topological polar surface area (TPSA) is 29.1 Å². The smallest absolute Gasteiger partial charge is 0.220 e. The second kappa shape index (κ2) is 6.73. The number of hydrogen-bond donors (Lipinski definition) is 1. The van der Waals surface area contributed by atoms with E-state index in [4.69, 9.17) is 0 Å². The van der Waals surface area contributed by atoms with Crippen molar-refractivity contribution in [3.05, 3.63) is 71.0 Å². The lowest BCUT2D eigenvalue weighted by atomic mass is 9.87. The summed E-state index contributed by atoms with van der Waals surface area (Å²) in [4.78, 5) is 12.2. The fraction of sp³-hybridized carbons (Fsp3) is 0.316. The molecule has 0 saturated carbocycles. The van der Waals surface area contributed by atoms with Crippen LogP contribution in [0.5, 0.6) is 0 Å². The molecule has 1 aliphatic rings. The quantitative estimate of drug-likeness (QED) is 0.909. The number of rotatable bonds is 4. The van der Waals surface area contributed by atoms with Crippen molar-refractivity contribution in [2.75, 3.05) is 0 Å². The van der Waals surface area contributed by atoms with Crippen LogP contribution in [0.1, 0.15) is 42.0 Å². The molecule has 1 atom stereocenters. The number of halogens is 1. The second-order valence-electron chi connectivity index (χ2n) is 5.84. The van der Waals surface area contributed by atoms with Gasteiger partial charge in [-0.05, 0) is 54.5 Å². The third-order valence-electron chi connectivity index (χ3n) is 4.26. The first-order valence-electron chi connectivity index (χ1n) is 7.84. The van der Waals surface area contributed by atoms with Gasteiger partial charge < -0.3 is 5.32 Å². The zero-order valence-corrected chi connectivity index (χ0v) is 12.5. The Bertz CT molecular complexity index is 651. The lowest BCUT2D eigenvalue weighted by Gasteiger charge is -2.26. The Morgan fingerprint density at radius 3 is 2.73 bits per heavy atom. The lowest BCUT2D eigenvalue weighted by molar-refractivity contribution is -0.121. The molecule has 0 fully saturated rings. The van der Waals surface area contributed by atoms with Crippen LogP contribution in [-0.4, -0.2) is 5.91 Å². The number of amides is 1. The average molecular weight is 297 g/mol. The summed E-state index contributed by atoms with van der Waals surface area (Å²) >= 11 is 0. The molecule has 114 valence electrons. The molecule has 1 N–H and O–H groups in total. The van der Waals surface area contributed by atoms with E-state index in [1.165, 1.54) is 23.3 Å². The van der Waals surface area contributed by atoms with Crippen molar-refractivity contribution in [1.29, 1.82) is 0 Å². The van der Waals surface area contributed by atoms with Crippen molar-refractivity contribution in [3.8, 4) is 0 Å². The average Bonchev–Trinajstić information content (AvgIpc) is 2.55. The minimum absolute atomic E-state index is 0.0611. The minimum atomic E-state index is -0.244. The zero-order chi connectivity index (χ0) is 15.4. The summed E-state index contributed by atoms with van der Waals surface area (Å²) in [5, 5.41) is 3.14. The van der Waals surface area contributed by atoms with Gasteiger partial charge in [0.05, 0.1) is 6.04 Å². The number of nitrogens with one attached hydrogen (secondary N) is 1. The maximum absolute atomic E-state index is 12.9. The van der Waals surface area contributed by atoms with E-state index >= 15 is 0 Å². The van der Waals surface area contributed by atoms with Crippen LogP contribution in [0.25, 0.3) is 0 Å². The molecular weight excluding hydrogens is 277 g/mol. The second-order valence-corrected chi connectivity index (χ2v) is 5.84. The number of carbonyl (C=O) groups excluding carboxylic acids is 1. The first-order valence-corrected chi connectivity index (χ1v) is 7.84. The highest BCUT2D eigenvalue weighted by Gasteiger charge is 2.20. The van der Waals surface area contributed by atoms with Crippen LogP contribution >= 0.6 is 0 Å². The van der Waals surface area contributed by atoms with Crippen molar-refractivity contribution >= 4 is 5.91 Å². The molecule has 2 nitrogen and oxygen atoms in total. The van der Waals surface area contributed by atoms with Crippen molar-refractivity contribution < 1.29 is 9.18 Å². The summed E-state index contributed by atoms with van der Waals surface area (Å²) in [7, 11) is 0. The van der Waals surface area contributed by atoms with Gasteiger partial charge in [-0.3, -0.25) is 4.79 Å². The summed E-state index contributed by atoms with van der Waals surface area (Å²) in [5.41, 5.74) is 3.59. The molecule has 0 spiro atoms. The Morgan fingerprint density at radius 1 is 1.14 bits per heavy atom. The van der Waals surface area contributed by atoms with E-state index in [-0.39, 0.29) is 17.8 Å². The summed E-state index contributed by atoms with van der Waals surface area (Å²) in [5.74, 6) is -0.182. The van der Waals surface area contributed by atoms with Gasteiger partial charge in [-0.25, -0.2) is 4.39 Å². The molecule has 1 unspecified atom stereocenters. The number of benzene rings is 2. The van der Waals surface area contributed by atoms with Crippen molar-refractivity contribution in [1.82, 2.24) is 5.32 Å². The van der Waals surface area contributed by atoms with Crippen molar-refractivity contribution in [3.63, 3.8) is 0 Å². The number of aryl methyl sites for hydroxylation is 2. The van der Waals surface area contributed by atoms with Crippen LogP contribution in [0.2, 0.25) is 0 Å².